The van der Waals surface area contributed by atoms with Crippen molar-refractivity contribution in [3.63, 3.8) is 0 Å². The van der Waals surface area contributed by atoms with Crippen molar-refractivity contribution in [3.05, 3.63) is 22.7 Å². The fourth-order valence-corrected chi connectivity index (χ4v) is 1.95. The second kappa shape index (κ2) is 5.41. The molecule has 0 radical (unpaired) electrons. The summed E-state index contributed by atoms with van der Waals surface area (Å²) in [5.41, 5.74) is 13.5. The van der Waals surface area contributed by atoms with Crippen LogP contribution in [-0.2, 0) is 0 Å². The van der Waals surface area contributed by atoms with Crippen LogP contribution in [0, 0.1) is 5.92 Å². The van der Waals surface area contributed by atoms with Gasteiger partial charge in [-0.25, -0.2) is 0 Å². The molecule has 0 spiro atoms. The molecule has 1 aromatic rings. The Labute approximate surface area is 102 Å². The van der Waals surface area contributed by atoms with Gasteiger partial charge in [0.15, 0.2) is 0 Å². The molecule has 0 heterocycles. The highest BCUT2D eigenvalue weighted by Crippen LogP contribution is 2.33. The van der Waals surface area contributed by atoms with Gasteiger partial charge in [0.1, 0.15) is 5.75 Å². The summed E-state index contributed by atoms with van der Waals surface area (Å²) in [6.45, 7) is 4.26. The summed E-state index contributed by atoms with van der Waals surface area (Å²) in [4.78, 5) is 0. The van der Waals surface area contributed by atoms with Gasteiger partial charge < -0.3 is 16.2 Å². The van der Waals surface area contributed by atoms with Crippen molar-refractivity contribution in [1.29, 1.82) is 0 Å². The minimum Gasteiger partial charge on any atom is -0.495 e. The van der Waals surface area contributed by atoms with Crippen LogP contribution >= 0.6 is 11.6 Å². The van der Waals surface area contributed by atoms with Crippen LogP contribution in [0.5, 0.6) is 5.75 Å². The first-order valence-electron chi connectivity index (χ1n) is 5.34. The topological polar surface area (TPSA) is 61.3 Å². The molecule has 16 heavy (non-hydrogen) atoms. The molecule has 0 saturated carbocycles. The van der Waals surface area contributed by atoms with Gasteiger partial charge in [0.25, 0.3) is 0 Å². The number of anilines is 1. The standard InChI is InChI=1S/C12H19ClN2O/c1-7(2)4-10(14)8-5-12(16-3)9(13)6-11(8)15/h5-7,10H,4,14-15H2,1-3H3. The fraction of sp³-hybridized carbons (Fsp3) is 0.500. The molecule has 1 unspecified atom stereocenters. The highest BCUT2D eigenvalue weighted by atomic mass is 35.5. The van der Waals surface area contributed by atoms with Crippen LogP contribution in [-0.4, -0.2) is 7.11 Å². The largest absolute Gasteiger partial charge is 0.495 e. The van der Waals surface area contributed by atoms with E-state index in [0.29, 0.717) is 22.4 Å². The molecule has 1 rings (SSSR count). The van der Waals surface area contributed by atoms with Crippen molar-refractivity contribution in [2.24, 2.45) is 11.7 Å². The van der Waals surface area contributed by atoms with Gasteiger partial charge in [0.2, 0.25) is 0 Å². The molecule has 3 nitrogen and oxygen atoms in total. The van der Waals surface area contributed by atoms with Crippen LogP contribution in [0.25, 0.3) is 0 Å². The van der Waals surface area contributed by atoms with E-state index in [1.54, 1.807) is 13.2 Å². The number of ether oxygens (including phenoxy) is 1. The van der Waals surface area contributed by atoms with E-state index in [2.05, 4.69) is 13.8 Å². The first kappa shape index (κ1) is 13.1. The summed E-state index contributed by atoms with van der Waals surface area (Å²) < 4.78 is 5.15. The van der Waals surface area contributed by atoms with Gasteiger partial charge in [-0.2, -0.15) is 0 Å². The van der Waals surface area contributed by atoms with Gasteiger partial charge in [-0.15, -0.1) is 0 Å². The minimum absolute atomic E-state index is 0.0776. The zero-order chi connectivity index (χ0) is 12.3. The number of halogens is 1. The van der Waals surface area contributed by atoms with E-state index in [4.69, 9.17) is 27.8 Å². The van der Waals surface area contributed by atoms with E-state index in [1.165, 1.54) is 0 Å². The van der Waals surface area contributed by atoms with Gasteiger partial charge >= 0.3 is 0 Å². The molecule has 0 bridgehead atoms. The zero-order valence-corrected chi connectivity index (χ0v) is 10.7. The third kappa shape index (κ3) is 3.03. The van der Waals surface area contributed by atoms with Crippen molar-refractivity contribution < 1.29 is 4.74 Å². The van der Waals surface area contributed by atoms with Gasteiger partial charge in [-0.1, -0.05) is 25.4 Å². The molecule has 0 aliphatic rings. The monoisotopic (exact) mass is 242 g/mol. The molecule has 0 aliphatic carbocycles. The maximum absolute atomic E-state index is 6.09. The molecule has 1 aromatic carbocycles. The molecular weight excluding hydrogens is 224 g/mol. The molecule has 0 aromatic heterocycles. The Morgan fingerprint density at radius 2 is 2.00 bits per heavy atom. The number of nitrogen functional groups attached to an aromatic ring is 1. The maximum Gasteiger partial charge on any atom is 0.137 e. The molecule has 0 aliphatic heterocycles. The summed E-state index contributed by atoms with van der Waals surface area (Å²) in [5, 5.41) is 0.514. The molecule has 4 N–H and O–H groups in total. The lowest BCUT2D eigenvalue weighted by atomic mass is 9.96. The normalized spacial score (nSPS) is 12.9. The summed E-state index contributed by atoms with van der Waals surface area (Å²) in [7, 11) is 1.58. The second-order valence-electron chi connectivity index (χ2n) is 4.35. The predicted molar refractivity (Wildman–Crippen MR) is 68.8 cm³/mol. The molecule has 4 heteroatoms. The zero-order valence-electron chi connectivity index (χ0n) is 9.96. The van der Waals surface area contributed by atoms with Crippen LogP contribution in [0.1, 0.15) is 31.9 Å². The molecule has 0 fully saturated rings. The van der Waals surface area contributed by atoms with E-state index < -0.39 is 0 Å². The van der Waals surface area contributed by atoms with Crippen LogP contribution in [0.4, 0.5) is 5.69 Å². The molecule has 0 amide bonds. The lowest BCUT2D eigenvalue weighted by Gasteiger charge is -2.18. The minimum atomic E-state index is -0.0776. The first-order valence-corrected chi connectivity index (χ1v) is 5.72. The van der Waals surface area contributed by atoms with Crippen molar-refractivity contribution >= 4 is 17.3 Å². The van der Waals surface area contributed by atoms with Crippen molar-refractivity contribution in [2.75, 3.05) is 12.8 Å². The van der Waals surface area contributed by atoms with Crippen LogP contribution in [0.2, 0.25) is 5.02 Å². The highest BCUT2D eigenvalue weighted by Gasteiger charge is 2.14. The van der Waals surface area contributed by atoms with E-state index in [9.17, 15) is 0 Å². The quantitative estimate of drug-likeness (QED) is 0.798. The lowest BCUT2D eigenvalue weighted by Crippen LogP contribution is -2.15. The van der Waals surface area contributed by atoms with E-state index in [1.807, 2.05) is 6.07 Å². The van der Waals surface area contributed by atoms with Gasteiger partial charge in [0, 0.05) is 11.7 Å². The van der Waals surface area contributed by atoms with E-state index >= 15 is 0 Å². The Hall–Kier alpha value is -0.930. The molecule has 1 atom stereocenters. The maximum atomic E-state index is 6.09. The van der Waals surface area contributed by atoms with E-state index in [0.717, 1.165) is 12.0 Å². The Bertz CT molecular complexity index is 366. The Kier molecular flexibility index (Phi) is 4.44. The Balaban J connectivity index is 3.03. The van der Waals surface area contributed by atoms with E-state index in [-0.39, 0.29) is 6.04 Å². The number of hydrogen-bond acceptors (Lipinski definition) is 3. The summed E-state index contributed by atoms with van der Waals surface area (Å²) >= 11 is 5.97. The number of rotatable bonds is 4. The molecule has 90 valence electrons. The number of benzene rings is 1. The van der Waals surface area contributed by atoms with Crippen molar-refractivity contribution in [3.8, 4) is 5.75 Å². The highest BCUT2D eigenvalue weighted by molar-refractivity contribution is 6.32. The Morgan fingerprint density at radius 1 is 1.38 bits per heavy atom. The average Bonchev–Trinajstić information content (AvgIpc) is 2.16. The number of nitrogens with two attached hydrogens (primary N) is 2. The van der Waals surface area contributed by atoms with Crippen molar-refractivity contribution in [2.45, 2.75) is 26.3 Å². The van der Waals surface area contributed by atoms with Gasteiger partial charge in [0.05, 0.1) is 12.1 Å². The van der Waals surface area contributed by atoms with Crippen LogP contribution < -0.4 is 16.2 Å². The van der Waals surface area contributed by atoms with Gasteiger partial charge in [-0.05, 0) is 30.0 Å². The third-order valence-electron chi connectivity index (χ3n) is 2.48. The average molecular weight is 243 g/mol. The molecule has 0 saturated heterocycles. The van der Waals surface area contributed by atoms with Gasteiger partial charge in [-0.3, -0.25) is 0 Å². The Morgan fingerprint density at radius 3 is 2.50 bits per heavy atom. The summed E-state index contributed by atoms with van der Waals surface area (Å²) in [6.07, 6.45) is 0.884. The SMILES string of the molecule is COc1cc(C(N)CC(C)C)c(N)cc1Cl. The lowest BCUT2D eigenvalue weighted by molar-refractivity contribution is 0.413. The second-order valence-corrected chi connectivity index (χ2v) is 4.76. The smallest absolute Gasteiger partial charge is 0.137 e. The molecular formula is C12H19ClN2O. The summed E-state index contributed by atoms with van der Waals surface area (Å²) in [5.74, 6) is 1.14. The van der Waals surface area contributed by atoms with Crippen LogP contribution in [0.15, 0.2) is 12.1 Å². The predicted octanol–water partition coefficient (Wildman–Crippen LogP) is 2.98. The summed E-state index contributed by atoms with van der Waals surface area (Å²) in [6, 6.07) is 3.44. The fourth-order valence-electron chi connectivity index (χ4n) is 1.70. The van der Waals surface area contributed by atoms with Crippen molar-refractivity contribution in [1.82, 2.24) is 0 Å². The number of hydrogen-bond donors (Lipinski definition) is 2. The number of methoxy groups -OCH3 is 1. The third-order valence-corrected chi connectivity index (χ3v) is 2.78. The van der Waals surface area contributed by atoms with Crippen LogP contribution in [0.3, 0.4) is 0 Å². The first-order chi connectivity index (χ1) is 7.45.